The quantitative estimate of drug-likeness (QED) is 0.842. The van der Waals surface area contributed by atoms with Gasteiger partial charge < -0.3 is 4.90 Å². The number of hydrogen-bond donors (Lipinski definition) is 1. The van der Waals surface area contributed by atoms with E-state index in [-0.39, 0.29) is 0 Å². The Morgan fingerprint density at radius 3 is 2.50 bits per heavy atom. The van der Waals surface area contributed by atoms with Crippen LogP contribution in [0.5, 0.6) is 0 Å². The highest BCUT2D eigenvalue weighted by Gasteiger charge is 2.24. The van der Waals surface area contributed by atoms with Gasteiger partial charge in [0, 0.05) is 38.9 Å². The first-order valence-electron chi connectivity index (χ1n) is 6.60. The molecule has 1 aliphatic rings. The lowest BCUT2D eigenvalue weighted by Crippen LogP contribution is -2.49. The highest BCUT2D eigenvalue weighted by Crippen LogP contribution is 2.20. The van der Waals surface area contributed by atoms with Crippen molar-refractivity contribution >= 4 is 18.4 Å². The van der Waals surface area contributed by atoms with Crippen molar-refractivity contribution in [2.75, 3.05) is 43.4 Å². The summed E-state index contributed by atoms with van der Waals surface area (Å²) in [5, 5.41) is 0. The van der Waals surface area contributed by atoms with Gasteiger partial charge in [0.15, 0.2) is 0 Å². The van der Waals surface area contributed by atoms with E-state index < -0.39 is 0 Å². The molecule has 0 spiro atoms. The van der Waals surface area contributed by atoms with E-state index in [0.717, 1.165) is 44.3 Å². The average molecular weight is 265 g/mol. The SMILES string of the molecule is CC(C)(CS)CN1CCN(c2ccccn2)CC1. The summed E-state index contributed by atoms with van der Waals surface area (Å²) >= 11 is 4.43. The van der Waals surface area contributed by atoms with Gasteiger partial charge in [-0.1, -0.05) is 19.9 Å². The molecule has 0 radical (unpaired) electrons. The van der Waals surface area contributed by atoms with Crippen molar-refractivity contribution in [2.24, 2.45) is 5.41 Å². The molecule has 0 bridgehead atoms. The smallest absolute Gasteiger partial charge is 0.128 e. The number of hydrogen-bond acceptors (Lipinski definition) is 4. The Hall–Kier alpha value is -0.740. The Bertz CT molecular complexity index is 359. The van der Waals surface area contributed by atoms with E-state index in [1.54, 1.807) is 0 Å². The van der Waals surface area contributed by atoms with Gasteiger partial charge in [-0.25, -0.2) is 4.98 Å². The Morgan fingerprint density at radius 2 is 1.94 bits per heavy atom. The third-order valence-corrected chi connectivity index (χ3v) is 4.28. The zero-order chi connectivity index (χ0) is 13.0. The Labute approximate surface area is 116 Å². The molecule has 1 aromatic heterocycles. The van der Waals surface area contributed by atoms with Crippen LogP contribution in [-0.2, 0) is 0 Å². The van der Waals surface area contributed by atoms with E-state index >= 15 is 0 Å². The molecule has 0 aromatic carbocycles. The Balaban J connectivity index is 1.85. The van der Waals surface area contributed by atoms with Crippen molar-refractivity contribution in [3.63, 3.8) is 0 Å². The summed E-state index contributed by atoms with van der Waals surface area (Å²) in [7, 11) is 0. The summed E-state index contributed by atoms with van der Waals surface area (Å²) < 4.78 is 0. The van der Waals surface area contributed by atoms with Gasteiger partial charge in [-0.2, -0.15) is 12.6 Å². The molecular formula is C14H23N3S. The largest absolute Gasteiger partial charge is 0.354 e. The summed E-state index contributed by atoms with van der Waals surface area (Å²) in [6, 6.07) is 6.11. The molecule has 1 aromatic rings. The van der Waals surface area contributed by atoms with Crippen LogP contribution < -0.4 is 4.90 Å². The average Bonchev–Trinajstić information content (AvgIpc) is 2.40. The van der Waals surface area contributed by atoms with Crippen LogP contribution in [-0.4, -0.2) is 48.4 Å². The van der Waals surface area contributed by atoms with Crippen molar-refractivity contribution < 1.29 is 0 Å². The normalized spacial score (nSPS) is 18.1. The molecule has 4 heteroatoms. The Kier molecular flexibility index (Phi) is 4.51. The van der Waals surface area contributed by atoms with Gasteiger partial charge in [-0.3, -0.25) is 4.90 Å². The summed E-state index contributed by atoms with van der Waals surface area (Å²) in [6.45, 7) is 10.1. The van der Waals surface area contributed by atoms with Crippen LogP contribution in [0.3, 0.4) is 0 Å². The van der Waals surface area contributed by atoms with E-state index in [0.29, 0.717) is 5.41 Å². The van der Waals surface area contributed by atoms with Crippen LogP contribution in [0, 0.1) is 5.41 Å². The summed E-state index contributed by atoms with van der Waals surface area (Å²) in [5.74, 6) is 2.04. The minimum atomic E-state index is 0.302. The van der Waals surface area contributed by atoms with E-state index in [2.05, 4.69) is 53.4 Å². The molecule has 0 unspecified atom stereocenters. The molecule has 0 saturated carbocycles. The van der Waals surface area contributed by atoms with Crippen LogP contribution >= 0.6 is 12.6 Å². The molecule has 100 valence electrons. The number of pyridine rings is 1. The molecular weight excluding hydrogens is 242 g/mol. The maximum Gasteiger partial charge on any atom is 0.128 e. The first kappa shape index (κ1) is 13.7. The third kappa shape index (κ3) is 3.62. The monoisotopic (exact) mass is 265 g/mol. The van der Waals surface area contributed by atoms with Crippen molar-refractivity contribution in [1.29, 1.82) is 0 Å². The predicted molar refractivity (Wildman–Crippen MR) is 80.5 cm³/mol. The topological polar surface area (TPSA) is 19.4 Å². The standard InChI is InChI=1S/C14H23N3S/c1-14(2,12-18)11-16-7-9-17(10-8-16)13-5-3-4-6-15-13/h3-6,18H,7-12H2,1-2H3. The molecule has 0 atom stereocenters. The lowest BCUT2D eigenvalue weighted by Gasteiger charge is -2.39. The van der Waals surface area contributed by atoms with Crippen molar-refractivity contribution in [3.8, 4) is 0 Å². The number of piperazine rings is 1. The highest BCUT2D eigenvalue weighted by atomic mass is 32.1. The lowest BCUT2D eigenvalue weighted by atomic mass is 9.95. The van der Waals surface area contributed by atoms with Gasteiger partial charge in [0.1, 0.15) is 5.82 Å². The van der Waals surface area contributed by atoms with Crippen LogP contribution in [0.2, 0.25) is 0 Å². The molecule has 2 rings (SSSR count). The Morgan fingerprint density at radius 1 is 1.22 bits per heavy atom. The number of nitrogens with zero attached hydrogens (tertiary/aromatic N) is 3. The van der Waals surface area contributed by atoms with Gasteiger partial charge in [-0.05, 0) is 23.3 Å². The molecule has 0 amide bonds. The van der Waals surface area contributed by atoms with Crippen LogP contribution in [0.4, 0.5) is 5.82 Å². The van der Waals surface area contributed by atoms with Gasteiger partial charge in [-0.15, -0.1) is 0 Å². The number of aromatic nitrogens is 1. The van der Waals surface area contributed by atoms with Gasteiger partial charge in [0.2, 0.25) is 0 Å². The third-order valence-electron chi connectivity index (χ3n) is 3.43. The first-order chi connectivity index (χ1) is 8.61. The van der Waals surface area contributed by atoms with Gasteiger partial charge in [0.25, 0.3) is 0 Å². The summed E-state index contributed by atoms with van der Waals surface area (Å²) in [4.78, 5) is 9.32. The fraction of sp³-hybridized carbons (Fsp3) is 0.643. The summed E-state index contributed by atoms with van der Waals surface area (Å²) in [6.07, 6.45) is 1.87. The minimum absolute atomic E-state index is 0.302. The number of thiol groups is 1. The lowest BCUT2D eigenvalue weighted by molar-refractivity contribution is 0.185. The molecule has 2 heterocycles. The zero-order valence-electron chi connectivity index (χ0n) is 11.3. The molecule has 0 aliphatic carbocycles. The first-order valence-corrected chi connectivity index (χ1v) is 7.23. The maximum absolute atomic E-state index is 4.43. The second kappa shape index (κ2) is 5.93. The van der Waals surface area contributed by atoms with Crippen molar-refractivity contribution in [2.45, 2.75) is 13.8 Å². The molecule has 3 nitrogen and oxygen atoms in total. The number of rotatable bonds is 4. The number of anilines is 1. The fourth-order valence-corrected chi connectivity index (χ4v) is 2.43. The van der Waals surface area contributed by atoms with Crippen LogP contribution in [0.15, 0.2) is 24.4 Å². The molecule has 1 aliphatic heterocycles. The molecule has 0 N–H and O–H groups in total. The minimum Gasteiger partial charge on any atom is -0.354 e. The van der Waals surface area contributed by atoms with E-state index in [1.165, 1.54) is 0 Å². The highest BCUT2D eigenvalue weighted by molar-refractivity contribution is 7.80. The molecule has 18 heavy (non-hydrogen) atoms. The van der Waals surface area contributed by atoms with Gasteiger partial charge >= 0.3 is 0 Å². The molecule has 1 fully saturated rings. The zero-order valence-corrected chi connectivity index (χ0v) is 12.2. The van der Waals surface area contributed by atoms with E-state index in [1.807, 2.05) is 12.3 Å². The van der Waals surface area contributed by atoms with Gasteiger partial charge in [0.05, 0.1) is 0 Å². The summed E-state index contributed by atoms with van der Waals surface area (Å²) in [5.41, 5.74) is 0.302. The van der Waals surface area contributed by atoms with Crippen LogP contribution in [0.25, 0.3) is 0 Å². The van der Waals surface area contributed by atoms with E-state index in [4.69, 9.17) is 0 Å². The second-order valence-corrected chi connectivity index (χ2v) is 6.09. The van der Waals surface area contributed by atoms with Crippen molar-refractivity contribution in [1.82, 2.24) is 9.88 Å². The second-order valence-electron chi connectivity index (χ2n) is 5.77. The molecule has 1 saturated heterocycles. The maximum atomic E-state index is 4.43. The predicted octanol–water partition coefficient (Wildman–Crippen LogP) is 2.16. The van der Waals surface area contributed by atoms with Crippen LogP contribution in [0.1, 0.15) is 13.8 Å². The van der Waals surface area contributed by atoms with Crippen molar-refractivity contribution in [3.05, 3.63) is 24.4 Å². The van der Waals surface area contributed by atoms with E-state index in [9.17, 15) is 0 Å². The fourth-order valence-electron chi connectivity index (χ4n) is 2.33.